The van der Waals surface area contributed by atoms with E-state index in [2.05, 4.69) is 39.0 Å². The van der Waals surface area contributed by atoms with Crippen molar-refractivity contribution in [2.75, 3.05) is 26.7 Å². The SMILES string of the molecule is COc1ccc2[nH]c3c(c2c1)CCN1[C@@H](c2ccco2)N2CCC31CC2. The maximum atomic E-state index is 5.84. The molecule has 2 aromatic heterocycles. The Hall–Kier alpha value is -2.24. The number of hydrogen-bond donors (Lipinski definition) is 1. The van der Waals surface area contributed by atoms with Crippen molar-refractivity contribution in [2.24, 2.45) is 0 Å². The first-order valence-corrected chi connectivity index (χ1v) is 9.53. The van der Waals surface area contributed by atoms with E-state index in [9.17, 15) is 0 Å². The molecule has 5 heteroatoms. The molecule has 0 aliphatic carbocycles. The molecular formula is C21H23N3O2. The third-order valence-corrected chi connectivity index (χ3v) is 6.80. The van der Waals surface area contributed by atoms with Crippen molar-refractivity contribution in [1.29, 1.82) is 0 Å². The molecule has 0 amide bonds. The quantitative estimate of drug-likeness (QED) is 0.767. The van der Waals surface area contributed by atoms with Gasteiger partial charge in [0.15, 0.2) is 0 Å². The number of H-pyrrole nitrogens is 1. The molecule has 7 rings (SSSR count). The molecule has 5 nitrogen and oxygen atoms in total. The minimum absolute atomic E-state index is 0.103. The Morgan fingerprint density at radius 2 is 2.08 bits per heavy atom. The van der Waals surface area contributed by atoms with Gasteiger partial charge in [0.2, 0.25) is 0 Å². The molecule has 1 atom stereocenters. The van der Waals surface area contributed by atoms with Crippen molar-refractivity contribution in [3.63, 3.8) is 0 Å². The highest BCUT2D eigenvalue weighted by Crippen LogP contribution is 2.54. The molecule has 3 saturated heterocycles. The number of aromatic nitrogens is 1. The molecule has 2 bridgehead atoms. The molecule has 4 aliphatic rings. The van der Waals surface area contributed by atoms with Gasteiger partial charge in [-0.05, 0) is 55.2 Å². The molecule has 0 saturated carbocycles. The van der Waals surface area contributed by atoms with E-state index in [-0.39, 0.29) is 11.7 Å². The van der Waals surface area contributed by atoms with Crippen LogP contribution in [0.1, 0.15) is 36.0 Å². The van der Waals surface area contributed by atoms with Gasteiger partial charge in [0.25, 0.3) is 0 Å². The van der Waals surface area contributed by atoms with Gasteiger partial charge >= 0.3 is 0 Å². The lowest BCUT2D eigenvalue weighted by atomic mass is 9.74. The minimum Gasteiger partial charge on any atom is -0.497 e. The molecule has 0 unspecified atom stereocenters. The number of aromatic amines is 1. The molecule has 1 N–H and O–H groups in total. The first-order chi connectivity index (χ1) is 12.8. The summed E-state index contributed by atoms with van der Waals surface area (Å²) >= 11 is 0. The van der Waals surface area contributed by atoms with Crippen molar-refractivity contribution in [3.8, 4) is 5.75 Å². The fraction of sp³-hybridized carbons (Fsp3) is 0.429. The van der Waals surface area contributed by atoms with Crippen LogP contribution in [-0.2, 0) is 12.0 Å². The second kappa shape index (κ2) is 5.15. The van der Waals surface area contributed by atoms with Gasteiger partial charge in [0.05, 0.1) is 18.9 Å². The Kier molecular flexibility index (Phi) is 2.95. The molecule has 134 valence electrons. The normalized spacial score (nSPS) is 30.3. The molecule has 1 spiro atoms. The topological polar surface area (TPSA) is 44.6 Å². The third kappa shape index (κ3) is 1.77. The molecule has 3 aromatic rings. The van der Waals surface area contributed by atoms with E-state index in [1.54, 1.807) is 13.4 Å². The predicted molar refractivity (Wildman–Crippen MR) is 99.2 cm³/mol. The van der Waals surface area contributed by atoms with Gasteiger partial charge < -0.3 is 14.1 Å². The van der Waals surface area contributed by atoms with Crippen molar-refractivity contribution in [3.05, 3.63) is 53.6 Å². The summed E-state index contributed by atoms with van der Waals surface area (Å²) in [7, 11) is 1.74. The fourth-order valence-corrected chi connectivity index (χ4v) is 5.60. The summed E-state index contributed by atoms with van der Waals surface area (Å²) in [4.78, 5) is 9.07. The summed E-state index contributed by atoms with van der Waals surface area (Å²) in [6.07, 6.45) is 5.50. The van der Waals surface area contributed by atoms with Crippen molar-refractivity contribution >= 4 is 10.9 Å². The lowest BCUT2D eigenvalue weighted by Gasteiger charge is -2.61. The van der Waals surface area contributed by atoms with Gasteiger partial charge in [-0.3, -0.25) is 9.80 Å². The van der Waals surface area contributed by atoms with E-state index in [1.165, 1.54) is 35.0 Å². The summed E-state index contributed by atoms with van der Waals surface area (Å²) in [6, 6.07) is 10.5. The number of nitrogens with zero attached hydrogens (tertiary/aromatic N) is 2. The van der Waals surface area contributed by atoms with Gasteiger partial charge in [-0.25, -0.2) is 0 Å². The first-order valence-electron chi connectivity index (χ1n) is 9.53. The van der Waals surface area contributed by atoms with Gasteiger partial charge in [-0.1, -0.05) is 0 Å². The van der Waals surface area contributed by atoms with E-state index >= 15 is 0 Å². The van der Waals surface area contributed by atoms with Crippen LogP contribution in [0.25, 0.3) is 10.9 Å². The first kappa shape index (κ1) is 14.9. The smallest absolute Gasteiger partial charge is 0.135 e. The number of hydrogen-bond acceptors (Lipinski definition) is 4. The average Bonchev–Trinajstić information content (AvgIpc) is 3.35. The molecule has 4 aliphatic heterocycles. The second-order valence-corrected chi connectivity index (χ2v) is 7.79. The molecule has 3 fully saturated rings. The Bertz CT molecular complexity index is 967. The highest BCUT2D eigenvalue weighted by Gasteiger charge is 2.55. The van der Waals surface area contributed by atoms with Crippen molar-refractivity contribution in [2.45, 2.75) is 31.0 Å². The maximum Gasteiger partial charge on any atom is 0.135 e. The van der Waals surface area contributed by atoms with Crippen LogP contribution in [0.15, 0.2) is 41.0 Å². The Morgan fingerprint density at radius 1 is 1.19 bits per heavy atom. The second-order valence-electron chi connectivity index (χ2n) is 7.79. The number of methoxy groups -OCH3 is 1. The highest BCUT2D eigenvalue weighted by molar-refractivity contribution is 5.87. The number of rotatable bonds is 2. The summed E-state index contributed by atoms with van der Waals surface area (Å²) in [5, 5.41) is 1.33. The van der Waals surface area contributed by atoms with E-state index in [0.29, 0.717) is 0 Å². The monoisotopic (exact) mass is 349 g/mol. The van der Waals surface area contributed by atoms with Gasteiger partial charge in [0, 0.05) is 36.2 Å². The van der Waals surface area contributed by atoms with Crippen molar-refractivity contribution < 1.29 is 9.15 Å². The Labute approximate surface area is 152 Å². The van der Waals surface area contributed by atoms with E-state index in [4.69, 9.17) is 9.15 Å². The fourth-order valence-electron chi connectivity index (χ4n) is 5.60. The number of fused-ring (bicyclic) bond motifs is 5. The number of nitrogens with one attached hydrogen (secondary N) is 1. The zero-order valence-corrected chi connectivity index (χ0v) is 15.0. The number of benzene rings is 1. The van der Waals surface area contributed by atoms with Crippen LogP contribution < -0.4 is 4.74 Å². The zero-order valence-electron chi connectivity index (χ0n) is 15.0. The minimum atomic E-state index is 0.103. The highest BCUT2D eigenvalue weighted by atomic mass is 16.5. The molecule has 1 aromatic carbocycles. The van der Waals surface area contributed by atoms with Gasteiger partial charge in [-0.2, -0.15) is 0 Å². The largest absolute Gasteiger partial charge is 0.497 e. The summed E-state index contributed by atoms with van der Waals surface area (Å²) in [6.45, 7) is 3.32. The number of piperidine rings is 1. The molecule has 6 heterocycles. The number of furan rings is 1. The Balaban J connectivity index is 1.53. The van der Waals surface area contributed by atoms with E-state index in [1.807, 2.05) is 6.07 Å². The van der Waals surface area contributed by atoms with Crippen LogP contribution in [0.3, 0.4) is 0 Å². The van der Waals surface area contributed by atoms with Crippen molar-refractivity contribution in [1.82, 2.24) is 14.8 Å². The van der Waals surface area contributed by atoms with Crippen LogP contribution in [0.2, 0.25) is 0 Å². The molecular weight excluding hydrogens is 326 g/mol. The zero-order chi connectivity index (χ0) is 17.3. The van der Waals surface area contributed by atoms with Crippen LogP contribution in [0.5, 0.6) is 5.75 Å². The Morgan fingerprint density at radius 3 is 2.85 bits per heavy atom. The number of ether oxygens (including phenoxy) is 1. The lowest BCUT2D eigenvalue weighted by Crippen LogP contribution is -2.66. The molecule has 0 radical (unpaired) electrons. The average molecular weight is 349 g/mol. The van der Waals surface area contributed by atoms with Crippen LogP contribution in [0.4, 0.5) is 0 Å². The van der Waals surface area contributed by atoms with Gasteiger partial charge in [-0.15, -0.1) is 0 Å². The van der Waals surface area contributed by atoms with Crippen LogP contribution in [0, 0.1) is 0 Å². The summed E-state index contributed by atoms with van der Waals surface area (Å²) in [5.41, 5.74) is 4.26. The summed E-state index contributed by atoms with van der Waals surface area (Å²) < 4.78 is 11.3. The lowest BCUT2D eigenvalue weighted by molar-refractivity contribution is -0.155. The summed E-state index contributed by atoms with van der Waals surface area (Å²) in [5.74, 6) is 2.01. The standard InChI is InChI=1S/C21H23N3O2/c1-25-14-4-5-17-16(13-14)15-6-9-24-20(18-3-2-12-26-18)23-10-7-21(24,8-11-23)19(15)22-17/h2-5,12-13,20,22H,6-11H2,1H3/t20-/m0/s1. The third-order valence-electron chi connectivity index (χ3n) is 6.80. The van der Waals surface area contributed by atoms with Crippen LogP contribution >= 0.6 is 0 Å². The van der Waals surface area contributed by atoms with E-state index < -0.39 is 0 Å². The van der Waals surface area contributed by atoms with E-state index in [0.717, 1.165) is 37.6 Å². The van der Waals surface area contributed by atoms with Gasteiger partial charge in [0.1, 0.15) is 17.7 Å². The predicted octanol–water partition coefficient (Wildman–Crippen LogP) is 3.63. The van der Waals surface area contributed by atoms with Crippen LogP contribution in [-0.4, -0.2) is 41.5 Å². The maximum absolute atomic E-state index is 5.84. The molecule has 26 heavy (non-hydrogen) atoms.